The van der Waals surface area contributed by atoms with Gasteiger partial charge in [-0.15, -0.1) is 0 Å². The Morgan fingerprint density at radius 1 is 1.12 bits per heavy atom. The van der Waals surface area contributed by atoms with Gasteiger partial charge in [-0.25, -0.2) is 0 Å². The SMILES string of the molecule is NC(=O)C(O)C(O)c1cc(Cl)c(Cl)cc1Cl. The number of carbonyl (C=O) groups is 1. The van der Waals surface area contributed by atoms with Gasteiger partial charge in [0, 0.05) is 10.6 Å². The van der Waals surface area contributed by atoms with E-state index in [4.69, 9.17) is 40.5 Å². The van der Waals surface area contributed by atoms with Gasteiger partial charge < -0.3 is 15.9 Å². The second-order valence-electron chi connectivity index (χ2n) is 3.08. The normalized spacial score (nSPS) is 14.6. The van der Waals surface area contributed by atoms with Crippen LogP contribution in [0.5, 0.6) is 0 Å². The molecule has 2 unspecified atom stereocenters. The van der Waals surface area contributed by atoms with E-state index < -0.39 is 18.1 Å². The van der Waals surface area contributed by atoms with Crippen molar-refractivity contribution in [1.82, 2.24) is 0 Å². The average molecular weight is 285 g/mol. The first-order valence-corrected chi connectivity index (χ1v) is 5.28. The molecule has 88 valence electrons. The van der Waals surface area contributed by atoms with Crippen molar-refractivity contribution in [1.29, 1.82) is 0 Å². The van der Waals surface area contributed by atoms with Crippen LogP contribution in [0.15, 0.2) is 12.1 Å². The number of rotatable bonds is 3. The zero-order chi connectivity index (χ0) is 12.5. The fraction of sp³-hybridized carbons (Fsp3) is 0.222. The number of aliphatic hydroxyl groups excluding tert-OH is 2. The number of hydrogen-bond acceptors (Lipinski definition) is 3. The zero-order valence-electron chi connectivity index (χ0n) is 7.82. The molecule has 0 spiro atoms. The Hall–Kier alpha value is -0.520. The number of aliphatic hydroxyl groups is 2. The van der Waals surface area contributed by atoms with Crippen molar-refractivity contribution >= 4 is 40.7 Å². The lowest BCUT2D eigenvalue weighted by Gasteiger charge is -2.17. The summed E-state index contributed by atoms with van der Waals surface area (Å²) in [4.78, 5) is 10.7. The topological polar surface area (TPSA) is 83.6 Å². The minimum Gasteiger partial charge on any atom is -0.385 e. The minimum atomic E-state index is -1.75. The van der Waals surface area contributed by atoms with Gasteiger partial charge in [-0.1, -0.05) is 34.8 Å². The number of primary amides is 1. The van der Waals surface area contributed by atoms with Crippen LogP contribution in [0.1, 0.15) is 11.7 Å². The maximum Gasteiger partial charge on any atom is 0.249 e. The largest absolute Gasteiger partial charge is 0.385 e. The lowest BCUT2D eigenvalue weighted by Crippen LogP contribution is -2.34. The molecule has 16 heavy (non-hydrogen) atoms. The van der Waals surface area contributed by atoms with E-state index in [-0.39, 0.29) is 20.6 Å². The molecule has 1 aromatic carbocycles. The quantitative estimate of drug-likeness (QED) is 0.736. The molecule has 0 fully saturated rings. The fourth-order valence-corrected chi connectivity index (χ4v) is 1.76. The monoisotopic (exact) mass is 283 g/mol. The highest BCUT2D eigenvalue weighted by molar-refractivity contribution is 6.43. The van der Waals surface area contributed by atoms with Crippen molar-refractivity contribution in [3.63, 3.8) is 0 Å². The van der Waals surface area contributed by atoms with Crippen molar-refractivity contribution in [2.24, 2.45) is 5.73 Å². The molecule has 0 saturated heterocycles. The first-order chi connectivity index (χ1) is 7.34. The smallest absolute Gasteiger partial charge is 0.249 e. The standard InChI is InChI=1S/C9H8Cl3NO3/c10-4-2-6(12)5(11)1-3(4)7(14)8(15)9(13)16/h1-2,7-8,14-15H,(H2,13,16). The Morgan fingerprint density at radius 3 is 2.12 bits per heavy atom. The van der Waals surface area contributed by atoms with Gasteiger partial charge in [-0.3, -0.25) is 4.79 Å². The third-order valence-corrected chi connectivity index (χ3v) is 3.00. The van der Waals surface area contributed by atoms with Crippen LogP contribution < -0.4 is 5.73 Å². The van der Waals surface area contributed by atoms with E-state index in [2.05, 4.69) is 0 Å². The van der Waals surface area contributed by atoms with Crippen LogP contribution >= 0.6 is 34.8 Å². The summed E-state index contributed by atoms with van der Waals surface area (Å²) in [6.07, 6.45) is -3.30. The van der Waals surface area contributed by atoms with Crippen molar-refractivity contribution in [3.05, 3.63) is 32.8 Å². The maximum absolute atomic E-state index is 10.7. The third-order valence-electron chi connectivity index (χ3n) is 1.95. The summed E-state index contributed by atoms with van der Waals surface area (Å²) in [5, 5.41) is 19.3. The number of benzene rings is 1. The van der Waals surface area contributed by atoms with E-state index in [1.807, 2.05) is 0 Å². The van der Waals surface area contributed by atoms with Gasteiger partial charge in [0.15, 0.2) is 6.10 Å². The van der Waals surface area contributed by atoms with Gasteiger partial charge in [0.1, 0.15) is 6.10 Å². The van der Waals surface area contributed by atoms with Gasteiger partial charge in [-0.05, 0) is 12.1 Å². The molecule has 1 aromatic rings. The Labute approximate surface area is 107 Å². The summed E-state index contributed by atoms with van der Waals surface area (Å²) in [6, 6.07) is 2.57. The Morgan fingerprint density at radius 2 is 1.62 bits per heavy atom. The van der Waals surface area contributed by atoms with E-state index in [1.54, 1.807) is 0 Å². The summed E-state index contributed by atoms with van der Waals surface area (Å²) in [5.74, 6) is -1.06. The van der Waals surface area contributed by atoms with Gasteiger partial charge >= 0.3 is 0 Å². The minimum absolute atomic E-state index is 0.0854. The van der Waals surface area contributed by atoms with Crippen molar-refractivity contribution < 1.29 is 15.0 Å². The fourth-order valence-electron chi connectivity index (χ4n) is 1.09. The molecule has 0 bridgehead atoms. The van der Waals surface area contributed by atoms with E-state index in [1.165, 1.54) is 12.1 Å². The van der Waals surface area contributed by atoms with Crippen LogP contribution in [0.4, 0.5) is 0 Å². The summed E-state index contributed by atoms with van der Waals surface area (Å²) in [5.41, 5.74) is 4.93. The molecule has 2 atom stereocenters. The first-order valence-electron chi connectivity index (χ1n) is 4.14. The van der Waals surface area contributed by atoms with Gasteiger partial charge in [0.25, 0.3) is 0 Å². The lowest BCUT2D eigenvalue weighted by atomic mass is 10.0. The van der Waals surface area contributed by atoms with Crippen molar-refractivity contribution in [3.8, 4) is 0 Å². The maximum atomic E-state index is 10.7. The predicted octanol–water partition coefficient (Wildman–Crippen LogP) is 1.53. The van der Waals surface area contributed by atoms with Crippen molar-refractivity contribution in [2.75, 3.05) is 0 Å². The number of halogens is 3. The summed E-state index contributed by atoms with van der Waals surface area (Å²) in [7, 11) is 0. The Kier molecular flexibility index (Phi) is 4.41. The van der Waals surface area contributed by atoms with Crippen molar-refractivity contribution in [2.45, 2.75) is 12.2 Å². The molecule has 7 heteroatoms. The van der Waals surface area contributed by atoms with Crippen LogP contribution in [-0.2, 0) is 4.79 Å². The van der Waals surface area contributed by atoms with E-state index in [0.29, 0.717) is 0 Å². The first kappa shape index (κ1) is 13.5. The van der Waals surface area contributed by atoms with Crippen LogP contribution in [0.25, 0.3) is 0 Å². The summed E-state index contributed by atoms with van der Waals surface area (Å²) < 4.78 is 0. The molecule has 0 aromatic heterocycles. The highest BCUT2D eigenvalue weighted by Gasteiger charge is 2.26. The lowest BCUT2D eigenvalue weighted by molar-refractivity contribution is -0.131. The Bertz CT molecular complexity index is 425. The molecule has 0 radical (unpaired) electrons. The van der Waals surface area contributed by atoms with Gasteiger partial charge in [0.2, 0.25) is 5.91 Å². The third kappa shape index (κ3) is 2.78. The number of nitrogens with two attached hydrogens (primary N) is 1. The Balaban J connectivity index is 3.13. The molecular formula is C9H8Cl3NO3. The van der Waals surface area contributed by atoms with Crippen LogP contribution in [-0.4, -0.2) is 22.2 Å². The average Bonchev–Trinajstić information content (AvgIpc) is 2.21. The van der Waals surface area contributed by atoms with E-state index in [9.17, 15) is 15.0 Å². The van der Waals surface area contributed by atoms with Crippen LogP contribution in [0.3, 0.4) is 0 Å². The molecule has 4 N–H and O–H groups in total. The molecule has 4 nitrogen and oxygen atoms in total. The highest BCUT2D eigenvalue weighted by Crippen LogP contribution is 2.33. The second-order valence-corrected chi connectivity index (χ2v) is 4.30. The zero-order valence-corrected chi connectivity index (χ0v) is 10.1. The molecule has 1 amide bonds. The van der Waals surface area contributed by atoms with Crippen LogP contribution in [0, 0.1) is 0 Å². The molecule has 1 rings (SSSR count). The van der Waals surface area contributed by atoms with Gasteiger partial charge in [-0.2, -0.15) is 0 Å². The number of carbonyl (C=O) groups excluding carboxylic acids is 1. The number of hydrogen-bond donors (Lipinski definition) is 3. The van der Waals surface area contributed by atoms with Gasteiger partial charge in [0.05, 0.1) is 10.0 Å². The molecule has 0 saturated carbocycles. The highest BCUT2D eigenvalue weighted by atomic mass is 35.5. The summed E-state index contributed by atoms with van der Waals surface area (Å²) >= 11 is 17.2. The van der Waals surface area contributed by atoms with E-state index in [0.717, 1.165) is 0 Å². The molecule has 0 aliphatic heterocycles. The molecule has 0 heterocycles. The molecule has 0 aliphatic carbocycles. The summed E-state index contributed by atoms with van der Waals surface area (Å²) in [6.45, 7) is 0. The molecular weight excluding hydrogens is 276 g/mol. The van der Waals surface area contributed by atoms with Crippen LogP contribution in [0.2, 0.25) is 15.1 Å². The second kappa shape index (κ2) is 5.21. The molecule has 0 aliphatic rings. The predicted molar refractivity (Wildman–Crippen MR) is 61.6 cm³/mol. The van der Waals surface area contributed by atoms with E-state index >= 15 is 0 Å². The number of amides is 1.